The van der Waals surface area contributed by atoms with E-state index in [0.717, 1.165) is 0 Å². The van der Waals surface area contributed by atoms with Crippen LogP contribution in [-0.4, -0.2) is 22.8 Å². The van der Waals surface area contributed by atoms with Gasteiger partial charge >= 0.3 is 0 Å². The highest BCUT2D eigenvalue weighted by molar-refractivity contribution is 5.99. The second kappa shape index (κ2) is 3.91. The van der Waals surface area contributed by atoms with E-state index in [2.05, 4.69) is 4.98 Å². The van der Waals surface area contributed by atoms with Crippen molar-refractivity contribution in [3.63, 3.8) is 0 Å². The monoisotopic (exact) mass is 191 g/mol. The maximum atomic E-state index is 11.0. The molecule has 0 atom stereocenters. The van der Waals surface area contributed by atoms with Crippen LogP contribution in [0.1, 0.15) is 45.2 Å². The second-order valence-electron chi connectivity index (χ2n) is 2.90. The Kier molecular flexibility index (Phi) is 2.86. The van der Waals surface area contributed by atoms with Crippen LogP contribution in [0.3, 0.4) is 0 Å². The molecular weight excluding hydrogens is 182 g/mol. The van der Waals surface area contributed by atoms with Crippen molar-refractivity contribution in [2.45, 2.75) is 13.8 Å². The predicted molar refractivity (Wildman–Crippen MR) is 49.6 cm³/mol. The lowest BCUT2D eigenvalue weighted by atomic mass is 10.1. The Morgan fingerprint density at radius 1 is 1.21 bits per heavy atom. The average Bonchev–Trinajstić information content (AvgIpc) is 2.16. The molecule has 0 amide bonds. The van der Waals surface area contributed by atoms with Crippen LogP contribution in [0.4, 0.5) is 0 Å². The van der Waals surface area contributed by atoms with Gasteiger partial charge in [0.25, 0.3) is 0 Å². The topological polar surface area (TPSA) is 64.1 Å². The minimum absolute atomic E-state index is 0.0999. The van der Waals surface area contributed by atoms with Gasteiger partial charge in [-0.1, -0.05) is 0 Å². The molecule has 0 bridgehead atoms. The number of carbonyl (C=O) groups excluding carboxylic acids is 3. The largest absolute Gasteiger partial charge is 0.296 e. The van der Waals surface area contributed by atoms with Gasteiger partial charge in [0.05, 0.1) is 0 Å². The van der Waals surface area contributed by atoms with Crippen molar-refractivity contribution in [1.82, 2.24) is 4.98 Å². The smallest absolute Gasteiger partial charge is 0.178 e. The molecule has 1 rings (SSSR count). The number of Topliss-reactive ketones (excluding diaryl/α,β-unsaturated/α-hetero) is 2. The molecule has 0 aromatic carbocycles. The first kappa shape index (κ1) is 10.2. The van der Waals surface area contributed by atoms with Crippen LogP contribution in [0.15, 0.2) is 12.1 Å². The number of rotatable bonds is 3. The number of nitrogens with zero attached hydrogens (tertiary/aromatic N) is 1. The summed E-state index contributed by atoms with van der Waals surface area (Å²) >= 11 is 0. The zero-order chi connectivity index (χ0) is 10.7. The Morgan fingerprint density at radius 2 is 1.86 bits per heavy atom. The molecule has 14 heavy (non-hydrogen) atoms. The first-order valence-corrected chi connectivity index (χ1v) is 4.03. The summed E-state index contributed by atoms with van der Waals surface area (Å²) in [6.07, 6.45) is 0.513. The van der Waals surface area contributed by atoms with Gasteiger partial charge in [-0.3, -0.25) is 14.4 Å². The molecule has 4 nitrogen and oxygen atoms in total. The average molecular weight is 191 g/mol. The van der Waals surface area contributed by atoms with Crippen LogP contribution < -0.4 is 0 Å². The Labute approximate surface area is 81.0 Å². The van der Waals surface area contributed by atoms with Crippen LogP contribution >= 0.6 is 0 Å². The van der Waals surface area contributed by atoms with Crippen LogP contribution in [0.25, 0.3) is 0 Å². The molecule has 0 radical (unpaired) electrons. The third-order valence-electron chi connectivity index (χ3n) is 1.73. The molecule has 0 N–H and O–H groups in total. The minimum atomic E-state index is -0.267. The Balaban J connectivity index is 3.34. The van der Waals surface area contributed by atoms with Gasteiger partial charge in [-0.05, 0) is 19.1 Å². The van der Waals surface area contributed by atoms with Crippen LogP contribution in [0.2, 0.25) is 0 Å². The fourth-order valence-corrected chi connectivity index (χ4v) is 0.996. The number of aldehydes is 1. The number of hydrogen-bond donors (Lipinski definition) is 0. The molecule has 4 heteroatoms. The van der Waals surface area contributed by atoms with Gasteiger partial charge in [0.2, 0.25) is 0 Å². The second-order valence-corrected chi connectivity index (χ2v) is 2.90. The summed E-state index contributed by atoms with van der Waals surface area (Å²) in [6, 6.07) is 2.75. The number of ketones is 2. The normalized spacial score (nSPS) is 9.57. The van der Waals surface area contributed by atoms with Crippen LogP contribution in [0.5, 0.6) is 0 Å². The summed E-state index contributed by atoms with van der Waals surface area (Å²) in [6.45, 7) is 2.70. The van der Waals surface area contributed by atoms with Crippen molar-refractivity contribution in [3.05, 3.63) is 29.1 Å². The molecule has 1 aromatic heterocycles. The van der Waals surface area contributed by atoms with Crippen molar-refractivity contribution in [2.75, 3.05) is 0 Å². The zero-order valence-electron chi connectivity index (χ0n) is 7.90. The molecule has 1 aromatic rings. The standard InChI is InChI=1S/C10H9NO3/c1-6(13)8-3-9(5-12)11-10(4-8)7(2)14/h3-5H,1-2H3. The summed E-state index contributed by atoms with van der Waals surface area (Å²) in [4.78, 5) is 36.3. The lowest BCUT2D eigenvalue weighted by Gasteiger charge is -2.00. The van der Waals surface area contributed by atoms with Gasteiger partial charge < -0.3 is 0 Å². The van der Waals surface area contributed by atoms with Gasteiger partial charge in [-0.25, -0.2) is 4.98 Å². The first-order chi connectivity index (χ1) is 6.54. The highest BCUT2D eigenvalue weighted by atomic mass is 16.1. The van der Waals surface area contributed by atoms with E-state index in [1.165, 1.54) is 26.0 Å². The Bertz CT molecular complexity index is 378. The molecule has 72 valence electrons. The van der Waals surface area contributed by atoms with Crippen molar-refractivity contribution in [1.29, 1.82) is 0 Å². The van der Waals surface area contributed by atoms with E-state index >= 15 is 0 Å². The number of hydrogen-bond acceptors (Lipinski definition) is 4. The molecular formula is C10H9NO3. The maximum absolute atomic E-state index is 11.0. The van der Waals surface area contributed by atoms with Crippen molar-refractivity contribution < 1.29 is 14.4 Å². The van der Waals surface area contributed by atoms with E-state index in [1.54, 1.807) is 0 Å². The van der Waals surface area contributed by atoms with E-state index in [9.17, 15) is 14.4 Å². The van der Waals surface area contributed by atoms with Gasteiger partial charge in [-0.2, -0.15) is 0 Å². The molecule has 0 aliphatic rings. The highest BCUT2D eigenvalue weighted by Gasteiger charge is 2.08. The quantitative estimate of drug-likeness (QED) is 0.533. The molecule has 0 aliphatic carbocycles. The van der Waals surface area contributed by atoms with Gasteiger partial charge in [0, 0.05) is 12.5 Å². The lowest BCUT2D eigenvalue weighted by molar-refractivity contribution is 0.101. The lowest BCUT2D eigenvalue weighted by Crippen LogP contribution is -2.04. The Morgan fingerprint density at radius 3 is 2.29 bits per heavy atom. The van der Waals surface area contributed by atoms with Crippen LogP contribution in [0, 0.1) is 0 Å². The van der Waals surface area contributed by atoms with Crippen molar-refractivity contribution in [2.24, 2.45) is 0 Å². The van der Waals surface area contributed by atoms with E-state index in [1.807, 2.05) is 0 Å². The number of pyridine rings is 1. The number of aromatic nitrogens is 1. The SMILES string of the molecule is CC(=O)c1cc(C=O)nc(C(C)=O)c1. The summed E-state index contributed by atoms with van der Waals surface area (Å²) in [5, 5.41) is 0. The summed E-state index contributed by atoms with van der Waals surface area (Å²) in [5.74, 6) is -0.464. The van der Waals surface area contributed by atoms with Crippen LogP contribution in [-0.2, 0) is 0 Å². The third-order valence-corrected chi connectivity index (χ3v) is 1.73. The molecule has 0 spiro atoms. The third kappa shape index (κ3) is 2.10. The summed E-state index contributed by atoms with van der Waals surface area (Å²) < 4.78 is 0. The summed E-state index contributed by atoms with van der Waals surface area (Å²) in [7, 11) is 0. The number of carbonyl (C=O) groups is 3. The van der Waals surface area contributed by atoms with Crippen molar-refractivity contribution >= 4 is 17.9 Å². The molecule has 0 aliphatic heterocycles. The van der Waals surface area contributed by atoms with Crippen molar-refractivity contribution in [3.8, 4) is 0 Å². The molecule has 0 saturated heterocycles. The Hall–Kier alpha value is -1.84. The maximum Gasteiger partial charge on any atom is 0.178 e. The predicted octanol–water partition coefficient (Wildman–Crippen LogP) is 1.30. The molecule has 0 unspecified atom stereocenters. The van der Waals surface area contributed by atoms with Gasteiger partial charge in [0.1, 0.15) is 11.4 Å². The zero-order valence-corrected chi connectivity index (χ0v) is 7.90. The summed E-state index contributed by atoms with van der Waals surface area (Å²) in [5.41, 5.74) is 0.565. The van der Waals surface area contributed by atoms with E-state index in [-0.39, 0.29) is 23.0 Å². The first-order valence-electron chi connectivity index (χ1n) is 4.03. The van der Waals surface area contributed by atoms with E-state index in [0.29, 0.717) is 11.8 Å². The fourth-order valence-electron chi connectivity index (χ4n) is 0.996. The minimum Gasteiger partial charge on any atom is -0.296 e. The highest BCUT2D eigenvalue weighted by Crippen LogP contribution is 2.06. The molecule has 0 fully saturated rings. The van der Waals surface area contributed by atoms with E-state index in [4.69, 9.17) is 0 Å². The van der Waals surface area contributed by atoms with E-state index < -0.39 is 0 Å². The molecule has 1 heterocycles. The fraction of sp³-hybridized carbons (Fsp3) is 0.200. The van der Waals surface area contributed by atoms with Gasteiger partial charge in [0.15, 0.2) is 17.9 Å². The van der Waals surface area contributed by atoms with Gasteiger partial charge in [-0.15, -0.1) is 0 Å². The molecule has 0 saturated carbocycles.